The number of imidazole rings is 1. The Labute approximate surface area is 195 Å². The second-order valence-electron chi connectivity index (χ2n) is 7.76. The fraction of sp³-hybridized carbons (Fsp3) is 0.250. The quantitative estimate of drug-likeness (QED) is 0.501. The second kappa shape index (κ2) is 9.74. The normalized spacial score (nSPS) is 14.8. The summed E-state index contributed by atoms with van der Waals surface area (Å²) in [5, 5.41) is 2.84. The maximum absolute atomic E-state index is 13.3. The molecule has 10 heteroatoms. The van der Waals surface area contributed by atoms with E-state index < -0.39 is 23.6 Å². The molecule has 3 N–H and O–H groups in total. The Bertz CT molecular complexity index is 1200. The number of nitrogens with one attached hydrogen (secondary N) is 1. The number of carbonyl (C=O) groups is 2. The molecule has 1 atom stereocenters. The molecule has 0 aliphatic carbocycles. The van der Waals surface area contributed by atoms with Crippen molar-refractivity contribution in [3.05, 3.63) is 79.0 Å². The van der Waals surface area contributed by atoms with Gasteiger partial charge in [-0.1, -0.05) is 19.8 Å². The average Bonchev–Trinajstić information content (AvgIpc) is 3.53. The van der Waals surface area contributed by atoms with Crippen molar-refractivity contribution in [3.63, 3.8) is 0 Å². The number of carbonyl (C=O) groups excluding carboxylic acids is 2. The van der Waals surface area contributed by atoms with Gasteiger partial charge in [-0.15, -0.1) is 0 Å². The standard InChI is InChI=1S/C24H24FN5O4/c1-2-3-6-20(24(23(26)32)33-12-13-34-24)29-22(31)18-5-4-11-27-21(18)30-14-19(28-15-30)16-7-9-17(25)10-8-16/h4-5,7-15,20H,2-3,6H2,1H3,(H2,26,32)(H,29,31). The van der Waals surface area contributed by atoms with Crippen LogP contribution in [0.1, 0.15) is 36.5 Å². The Morgan fingerprint density at radius 2 is 1.91 bits per heavy atom. The monoisotopic (exact) mass is 465 g/mol. The summed E-state index contributed by atoms with van der Waals surface area (Å²) in [5.41, 5.74) is 7.13. The number of halogens is 1. The lowest BCUT2D eigenvalue weighted by molar-refractivity contribution is -0.182. The van der Waals surface area contributed by atoms with Crippen molar-refractivity contribution >= 4 is 11.8 Å². The van der Waals surface area contributed by atoms with E-state index in [2.05, 4.69) is 15.3 Å². The van der Waals surface area contributed by atoms with Gasteiger partial charge in [0, 0.05) is 18.0 Å². The number of ether oxygens (including phenoxy) is 2. The lowest BCUT2D eigenvalue weighted by Gasteiger charge is -2.33. The number of benzene rings is 1. The molecule has 2 amide bonds. The van der Waals surface area contributed by atoms with Crippen LogP contribution in [0.15, 0.2) is 67.6 Å². The van der Waals surface area contributed by atoms with E-state index in [-0.39, 0.29) is 11.4 Å². The third-order valence-corrected chi connectivity index (χ3v) is 5.49. The fourth-order valence-electron chi connectivity index (χ4n) is 3.73. The number of pyridine rings is 1. The number of nitrogens with zero attached hydrogens (tertiary/aromatic N) is 3. The molecule has 176 valence electrons. The number of rotatable bonds is 9. The number of hydrogen-bond donors (Lipinski definition) is 2. The number of nitrogens with two attached hydrogens (primary N) is 1. The first-order chi connectivity index (χ1) is 16.4. The zero-order valence-electron chi connectivity index (χ0n) is 18.5. The lowest BCUT2D eigenvalue weighted by Crippen LogP contribution is -2.60. The van der Waals surface area contributed by atoms with E-state index >= 15 is 0 Å². The SMILES string of the molecule is CCCCC(NC(=O)c1cccnc1-n1cnc(-c2ccc(F)cc2)c1)C1(C(N)=O)OC=CO1. The Balaban J connectivity index is 1.62. The van der Waals surface area contributed by atoms with E-state index in [1.54, 1.807) is 41.2 Å². The Kier molecular flexibility index (Phi) is 6.58. The Hall–Kier alpha value is -4.21. The molecule has 1 aliphatic rings. The smallest absolute Gasteiger partial charge is 0.351 e. The predicted molar refractivity (Wildman–Crippen MR) is 121 cm³/mol. The minimum Gasteiger partial charge on any atom is -0.447 e. The van der Waals surface area contributed by atoms with Crippen LogP contribution in [0.3, 0.4) is 0 Å². The van der Waals surface area contributed by atoms with Crippen LogP contribution in [0.5, 0.6) is 0 Å². The number of amides is 2. The average molecular weight is 465 g/mol. The van der Waals surface area contributed by atoms with Gasteiger partial charge in [0.15, 0.2) is 5.82 Å². The minimum absolute atomic E-state index is 0.248. The summed E-state index contributed by atoms with van der Waals surface area (Å²) in [6.45, 7) is 1.99. The summed E-state index contributed by atoms with van der Waals surface area (Å²) in [7, 11) is 0. The highest BCUT2D eigenvalue weighted by Gasteiger charge is 2.51. The highest BCUT2D eigenvalue weighted by atomic mass is 19.1. The van der Waals surface area contributed by atoms with E-state index in [4.69, 9.17) is 15.2 Å². The van der Waals surface area contributed by atoms with Gasteiger partial charge in [-0.25, -0.2) is 14.4 Å². The van der Waals surface area contributed by atoms with Gasteiger partial charge in [0.2, 0.25) is 0 Å². The summed E-state index contributed by atoms with van der Waals surface area (Å²) in [6.07, 6.45) is 9.16. The lowest BCUT2D eigenvalue weighted by atomic mass is 9.99. The largest absolute Gasteiger partial charge is 0.447 e. The molecule has 3 aromatic rings. The highest BCUT2D eigenvalue weighted by Crippen LogP contribution is 2.28. The fourth-order valence-corrected chi connectivity index (χ4v) is 3.73. The molecule has 0 fully saturated rings. The maximum Gasteiger partial charge on any atom is 0.351 e. The van der Waals surface area contributed by atoms with Crippen molar-refractivity contribution in [2.45, 2.75) is 38.0 Å². The van der Waals surface area contributed by atoms with Crippen molar-refractivity contribution in [3.8, 4) is 17.1 Å². The summed E-state index contributed by atoms with van der Waals surface area (Å²) >= 11 is 0. The second-order valence-corrected chi connectivity index (χ2v) is 7.76. The van der Waals surface area contributed by atoms with Gasteiger partial charge in [0.25, 0.3) is 5.91 Å². The topological polar surface area (TPSA) is 121 Å². The molecule has 1 aliphatic heterocycles. The number of primary amides is 1. The molecule has 0 spiro atoms. The number of hydrogen-bond acceptors (Lipinski definition) is 6. The van der Waals surface area contributed by atoms with Crippen molar-refractivity contribution in [1.29, 1.82) is 0 Å². The molecule has 0 saturated carbocycles. The van der Waals surface area contributed by atoms with Gasteiger partial charge in [0.05, 0.1) is 11.3 Å². The van der Waals surface area contributed by atoms with E-state index in [1.807, 2.05) is 6.92 Å². The van der Waals surface area contributed by atoms with Crippen LogP contribution >= 0.6 is 0 Å². The van der Waals surface area contributed by atoms with Gasteiger partial charge < -0.3 is 20.5 Å². The van der Waals surface area contributed by atoms with Gasteiger partial charge in [-0.05, 0) is 42.8 Å². The summed E-state index contributed by atoms with van der Waals surface area (Å²) < 4.78 is 25.7. The zero-order valence-corrected chi connectivity index (χ0v) is 18.5. The van der Waals surface area contributed by atoms with E-state index in [0.717, 1.165) is 6.42 Å². The first-order valence-electron chi connectivity index (χ1n) is 10.8. The molecule has 9 nitrogen and oxygen atoms in total. The van der Waals surface area contributed by atoms with E-state index in [9.17, 15) is 14.0 Å². The number of aromatic nitrogens is 3. The first-order valence-corrected chi connectivity index (χ1v) is 10.8. The van der Waals surface area contributed by atoms with Crippen LogP contribution in [-0.2, 0) is 14.3 Å². The van der Waals surface area contributed by atoms with Crippen molar-refractivity contribution < 1.29 is 23.5 Å². The Morgan fingerprint density at radius 3 is 2.59 bits per heavy atom. The number of unbranched alkanes of at least 4 members (excludes halogenated alkanes) is 1. The van der Waals surface area contributed by atoms with Crippen molar-refractivity contribution in [2.75, 3.05) is 0 Å². The van der Waals surface area contributed by atoms with Gasteiger partial charge in [0.1, 0.15) is 30.7 Å². The van der Waals surface area contributed by atoms with Gasteiger partial charge in [-0.2, -0.15) is 0 Å². The van der Waals surface area contributed by atoms with Crippen LogP contribution in [0.2, 0.25) is 0 Å². The molecule has 0 saturated heterocycles. The van der Waals surface area contributed by atoms with Crippen molar-refractivity contribution in [1.82, 2.24) is 19.9 Å². The molecule has 34 heavy (non-hydrogen) atoms. The third kappa shape index (κ3) is 4.47. The van der Waals surface area contributed by atoms with E-state index in [1.165, 1.54) is 31.0 Å². The predicted octanol–water partition coefficient (Wildman–Crippen LogP) is 3.06. The minimum atomic E-state index is -1.82. The van der Waals surface area contributed by atoms with Gasteiger partial charge in [-0.3, -0.25) is 14.2 Å². The molecule has 3 heterocycles. The van der Waals surface area contributed by atoms with Crippen LogP contribution in [-0.4, -0.2) is 38.2 Å². The Morgan fingerprint density at radius 1 is 1.18 bits per heavy atom. The van der Waals surface area contributed by atoms with E-state index in [0.29, 0.717) is 29.9 Å². The highest BCUT2D eigenvalue weighted by molar-refractivity contribution is 5.98. The maximum atomic E-state index is 13.3. The van der Waals surface area contributed by atoms with Crippen LogP contribution in [0.25, 0.3) is 17.1 Å². The third-order valence-electron chi connectivity index (χ3n) is 5.49. The molecule has 0 bridgehead atoms. The molecule has 2 aromatic heterocycles. The molecular weight excluding hydrogens is 441 g/mol. The molecule has 1 aromatic carbocycles. The molecule has 0 radical (unpaired) electrons. The van der Waals surface area contributed by atoms with Gasteiger partial charge >= 0.3 is 11.7 Å². The van der Waals surface area contributed by atoms with Crippen LogP contribution < -0.4 is 11.1 Å². The summed E-state index contributed by atoms with van der Waals surface area (Å²) in [6, 6.07) is 8.33. The molecular formula is C24H24FN5O4. The van der Waals surface area contributed by atoms with Crippen LogP contribution in [0.4, 0.5) is 4.39 Å². The summed E-state index contributed by atoms with van der Waals surface area (Å²) in [4.78, 5) is 34.3. The molecule has 4 rings (SSSR count). The van der Waals surface area contributed by atoms with Crippen molar-refractivity contribution in [2.24, 2.45) is 5.73 Å². The molecule has 1 unspecified atom stereocenters. The first kappa shape index (κ1) is 23.0. The zero-order chi connectivity index (χ0) is 24.1. The summed E-state index contributed by atoms with van der Waals surface area (Å²) in [5.74, 6) is -3.17. The van der Waals surface area contributed by atoms with Crippen LogP contribution in [0, 0.1) is 5.82 Å².